The van der Waals surface area contributed by atoms with Crippen LogP contribution in [0.2, 0.25) is 0 Å². The fraction of sp³-hybridized carbons (Fsp3) is 0.714. The molecule has 162 valence electrons. The van der Waals surface area contributed by atoms with E-state index < -0.39 is 0 Å². The highest BCUT2D eigenvalue weighted by Crippen LogP contribution is 2.41. The summed E-state index contributed by atoms with van der Waals surface area (Å²) in [5.41, 5.74) is 3.16. The largest absolute Gasteiger partial charge is 0.494 e. The van der Waals surface area contributed by atoms with Crippen LogP contribution in [0.15, 0.2) is 35.9 Å². The third-order valence-electron chi connectivity index (χ3n) is 7.49. The lowest BCUT2D eigenvalue weighted by molar-refractivity contribution is 0.185. The maximum Gasteiger partial charge on any atom is 0.119 e. The summed E-state index contributed by atoms with van der Waals surface area (Å²) in [6.45, 7) is 5.37. The molecule has 0 aromatic heterocycles. The van der Waals surface area contributed by atoms with Crippen molar-refractivity contribution < 1.29 is 4.74 Å². The first kappa shape index (κ1) is 22.4. The molecule has 0 radical (unpaired) electrons. The molecule has 2 aliphatic carbocycles. The van der Waals surface area contributed by atoms with Crippen LogP contribution in [-0.4, -0.2) is 6.61 Å². The first-order chi connectivity index (χ1) is 14.3. The first-order valence-corrected chi connectivity index (χ1v) is 12.7. The predicted molar refractivity (Wildman–Crippen MR) is 126 cm³/mol. The van der Waals surface area contributed by atoms with Crippen molar-refractivity contribution in [2.75, 3.05) is 6.61 Å². The van der Waals surface area contributed by atoms with Crippen LogP contribution >= 0.6 is 0 Å². The number of unbranched alkanes of at least 4 members (excludes halogenated alkanes) is 2. The van der Waals surface area contributed by atoms with E-state index in [9.17, 15) is 0 Å². The number of ether oxygens (including phenoxy) is 1. The van der Waals surface area contributed by atoms with E-state index in [0.717, 1.165) is 36.5 Å². The molecule has 1 fully saturated rings. The quantitative estimate of drug-likeness (QED) is 0.269. The van der Waals surface area contributed by atoms with Gasteiger partial charge in [-0.15, -0.1) is 0 Å². The minimum absolute atomic E-state index is 0.838. The van der Waals surface area contributed by atoms with Gasteiger partial charge in [0.25, 0.3) is 0 Å². The number of allylic oxidation sites excluding steroid dienone is 2. The maximum absolute atomic E-state index is 5.78. The average Bonchev–Trinajstić information content (AvgIpc) is 2.78. The Morgan fingerprint density at radius 2 is 1.59 bits per heavy atom. The van der Waals surface area contributed by atoms with Crippen molar-refractivity contribution >= 4 is 0 Å². The Hall–Kier alpha value is -1.24. The second-order valence-electron chi connectivity index (χ2n) is 9.67. The number of hydrogen-bond donors (Lipinski definition) is 0. The van der Waals surface area contributed by atoms with E-state index >= 15 is 0 Å². The van der Waals surface area contributed by atoms with Gasteiger partial charge in [0.15, 0.2) is 0 Å². The van der Waals surface area contributed by atoms with Crippen LogP contribution in [0.25, 0.3) is 0 Å². The molecule has 0 aliphatic heterocycles. The van der Waals surface area contributed by atoms with Crippen LogP contribution in [0.4, 0.5) is 0 Å². The summed E-state index contributed by atoms with van der Waals surface area (Å²) in [7, 11) is 0. The standard InChI is InChI=1S/C28H44O/c1-3-5-7-23-10-16-26(17-11-23)27-18-12-24(13-19-27)8-9-25-14-20-28(21-15-25)29-22-6-4-2/h12,14-15,20-21,23,26-27H,3-11,13,16-19,22H2,1-2H3. The van der Waals surface area contributed by atoms with E-state index in [1.807, 2.05) is 0 Å². The normalized spacial score (nSPS) is 24.9. The molecule has 2 aliphatic rings. The monoisotopic (exact) mass is 396 g/mol. The molecule has 0 spiro atoms. The Balaban J connectivity index is 1.36. The highest BCUT2D eigenvalue weighted by Gasteiger charge is 2.28. The first-order valence-electron chi connectivity index (χ1n) is 12.7. The van der Waals surface area contributed by atoms with E-state index in [1.54, 1.807) is 5.57 Å². The third-order valence-corrected chi connectivity index (χ3v) is 7.49. The predicted octanol–water partition coefficient (Wildman–Crippen LogP) is 8.52. The molecule has 0 amide bonds. The van der Waals surface area contributed by atoms with Gasteiger partial charge in [-0.1, -0.05) is 76.2 Å². The van der Waals surface area contributed by atoms with Gasteiger partial charge >= 0.3 is 0 Å². The zero-order chi connectivity index (χ0) is 20.3. The van der Waals surface area contributed by atoms with Gasteiger partial charge in [0.05, 0.1) is 6.61 Å². The molecule has 1 heteroatoms. The Labute approximate surface area is 180 Å². The zero-order valence-electron chi connectivity index (χ0n) is 19.1. The lowest BCUT2D eigenvalue weighted by atomic mass is 9.70. The number of aryl methyl sites for hydroxylation is 1. The SMILES string of the molecule is CCCCOc1ccc(CCC2=CCC(C3CCC(CCCC)CC3)CC2)cc1. The molecule has 0 N–H and O–H groups in total. The number of hydrogen-bond acceptors (Lipinski definition) is 1. The molecule has 1 atom stereocenters. The van der Waals surface area contributed by atoms with Gasteiger partial charge in [-0.05, 0) is 86.8 Å². The van der Waals surface area contributed by atoms with Crippen LogP contribution in [0.1, 0.15) is 103 Å². The van der Waals surface area contributed by atoms with E-state index in [1.165, 1.54) is 89.0 Å². The third kappa shape index (κ3) is 7.50. The van der Waals surface area contributed by atoms with Crippen molar-refractivity contribution in [1.29, 1.82) is 0 Å². The Morgan fingerprint density at radius 3 is 2.24 bits per heavy atom. The van der Waals surface area contributed by atoms with Gasteiger partial charge in [-0.3, -0.25) is 0 Å². The minimum Gasteiger partial charge on any atom is -0.494 e. The molecule has 1 nitrogen and oxygen atoms in total. The molecule has 0 bridgehead atoms. The fourth-order valence-corrected chi connectivity index (χ4v) is 5.40. The van der Waals surface area contributed by atoms with E-state index in [4.69, 9.17) is 4.74 Å². The van der Waals surface area contributed by atoms with E-state index in [-0.39, 0.29) is 0 Å². The summed E-state index contributed by atoms with van der Waals surface area (Å²) >= 11 is 0. The summed E-state index contributed by atoms with van der Waals surface area (Å²) in [5.74, 6) is 4.06. The topological polar surface area (TPSA) is 9.23 Å². The van der Waals surface area contributed by atoms with E-state index in [2.05, 4.69) is 44.2 Å². The summed E-state index contributed by atoms with van der Waals surface area (Å²) in [5, 5.41) is 0. The van der Waals surface area contributed by atoms with Gasteiger partial charge < -0.3 is 4.74 Å². The van der Waals surface area contributed by atoms with Crippen molar-refractivity contribution in [3.05, 3.63) is 41.5 Å². The van der Waals surface area contributed by atoms with Crippen LogP contribution in [0.3, 0.4) is 0 Å². The summed E-state index contributed by atoms with van der Waals surface area (Å²) in [6, 6.07) is 8.80. The van der Waals surface area contributed by atoms with Crippen molar-refractivity contribution in [2.45, 2.75) is 104 Å². The smallest absolute Gasteiger partial charge is 0.119 e. The second-order valence-corrected chi connectivity index (χ2v) is 9.67. The zero-order valence-corrected chi connectivity index (χ0v) is 19.1. The van der Waals surface area contributed by atoms with Crippen LogP contribution in [-0.2, 0) is 6.42 Å². The summed E-state index contributed by atoms with van der Waals surface area (Å²) in [6.07, 6.45) is 21.8. The molecule has 1 saturated carbocycles. The Bertz CT molecular complexity index is 591. The summed E-state index contributed by atoms with van der Waals surface area (Å²) < 4.78 is 5.78. The van der Waals surface area contributed by atoms with Crippen LogP contribution < -0.4 is 4.74 Å². The molecule has 1 aromatic carbocycles. The van der Waals surface area contributed by atoms with Crippen molar-refractivity contribution in [2.24, 2.45) is 17.8 Å². The molecule has 0 heterocycles. The molecule has 1 unspecified atom stereocenters. The van der Waals surface area contributed by atoms with Crippen molar-refractivity contribution in [3.8, 4) is 5.75 Å². The van der Waals surface area contributed by atoms with Gasteiger partial charge in [0, 0.05) is 0 Å². The lowest BCUT2D eigenvalue weighted by Crippen LogP contribution is -2.23. The molecule has 0 saturated heterocycles. The molecular formula is C28H44O. The Morgan fingerprint density at radius 1 is 0.828 bits per heavy atom. The Kier molecular flexibility index (Phi) is 9.64. The van der Waals surface area contributed by atoms with Crippen molar-refractivity contribution in [3.63, 3.8) is 0 Å². The second kappa shape index (κ2) is 12.5. The maximum atomic E-state index is 5.78. The van der Waals surface area contributed by atoms with Gasteiger partial charge in [-0.2, -0.15) is 0 Å². The lowest BCUT2D eigenvalue weighted by Gasteiger charge is -2.35. The summed E-state index contributed by atoms with van der Waals surface area (Å²) in [4.78, 5) is 0. The highest BCUT2D eigenvalue weighted by molar-refractivity contribution is 5.28. The minimum atomic E-state index is 0.838. The molecule has 1 aromatic rings. The van der Waals surface area contributed by atoms with Gasteiger partial charge in [0.1, 0.15) is 5.75 Å². The molecular weight excluding hydrogens is 352 g/mol. The molecule has 29 heavy (non-hydrogen) atoms. The number of rotatable bonds is 11. The van der Waals surface area contributed by atoms with Gasteiger partial charge in [0.2, 0.25) is 0 Å². The van der Waals surface area contributed by atoms with Crippen LogP contribution in [0.5, 0.6) is 5.75 Å². The van der Waals surface area contributed by atoms with E-state index in [0.29, 0.717) is 0 Å². The van der Waals surface area contributed by atoms with Crippen molar-refractivity contribution in [1.82, 2.24) is 0 Å². The number of benzene rings is 1. The van der Waals surface area contributed by atoms with Crippen LogP contribution in [0, 0.1) is 17.8 Å². The average molecular weight is 397 g/mol. The van der Waals surface area contributed by atoms with Gasteiger partial charge in [-0.25, -0.2) is 0 Å². The molecule has 3 rings (SSSR count). The highest BCUT2D eigenvalue weighted by atomic mass is 16.5. The fourth-order valence-electron chi connectivity index (χ4n) is 5.40.